The van der Waals surface area contributed by atoms with Crippen LogP contribution in [0.5, 0.6) is 0 Å². The molecule has 1 unspecified atom stereocenters. The Morgan fingerprint density at radius 1 is 1.20 bits per heavy atom. The molecule has 0 saturated carbocycles. The Kier molecular flexibility index (Phi) is 8.53. The van der Waals surface area contributed by atoms with Crippen LogP contribution < -0.4 is 10.6 Å². The summed E-state index contributed by atoms with van der Waals surface area (Å²) in [5.74, 6) is 0.696. The van der Waals surface area contributed by atoms with Crippen LogP contribution in [0.15, 0.2) is 30.3 Å². The van der Waals surface area contributed by atoms with Crippen molar-refractivity contribution in [3.05, 3.63) is 35.9 Å². The first-order valence-corrected chi connectivity index (χ1v) is 13.3. The number of nitrogens with one attached hydrogen (secondary N) is 2. The molecule has 7 heteroatoms. The lowest BCUT2D eigenvalue weighted by Gasteiger charge is -2.27. The van der Waals surface area contributed by atoms with Gasteiger partial charge in [-0.25, -0.2) is 4.79 Å². The van der Waals surface area contributed by atoms with Gasteiger partial charge >= 0.3 is 6.09 Å². The van der Waals surface area contributed by atoms with Crippen LogP contribution in [-0.2, 0) is 16.1 Å². The maximum Gasteiger partial charge on any atom is 0.408 e. The van der Waals surface area contributed by atoms with Gasteiger partial charge in [0.05, 0.1) is 0 Å². The molecule has 1 rings (SSSR count). The van der Waals surface area contributed by atoms with E-state index in [0.29, 0.717) is 13.0 Å². The lowest BCUT2D eigenvalue weighted by atomic mass is 10.2. The summed E-state index contributed by atoms with van der Waals surface area (Å²) in [6, 6.07) is 9.10. The van der Waals surface area contributed by atoms with Crippen molar-refractivity contribution in [2.45, 2.75) is 45.4 Å². The fourth-order valence-electron chi connectivity index (χ4n) is 2.02. The number of ether oxygens (including phenoxy) is 1. The number of alkyl carbamates (subject to hydrolysis) is 1. The molecule has 2 N–H and O–H groups in total. The highest BCUT2D eigenvalue weighted by molar-refractivity contribution is 14.2. The van der Waals surface area contributed by atoms with Gasteiger partial charge in [-0.15, -0.1) is 0 Å². The van der Waals surface area contributed by atoms with Crippen LogP contribution in [0.3, 0.4) is 0 Å². The van der Waals surface area contributed by atoms with Crippen molar-refractivity contribution < 1.29 is 14.3 Å². The predicted octanol–water partition coefficient (Wildman–Crippen LogP) is 4.00. The normalized spacial score (nSPS) is 13.7. The van der Waals surface area contributed by atoms with E-state index >= 15 is 0 Å². The molecule has 0 heterocycles. The Morgan fingerprint density at radius 2 is 1.80 bits per heavy atom. The molecule has 0 spiro atoms. The highest BCUT2D eigenvalue weighted by Gasteiger charge is 2.25. The van der Waals surface area contributed by atoms with Crippen molar-refractivity contribution in [3.63, 3.8) is 0 Å². The smallest absolute Gasteiger partial charge is 0.408 e. The first-order chi connectivity index (χ1) is 11.5. The minimum Gasteiger partial charge on any atom is -0.444 e. The molecular weight excluding hydrogens is 451 g/mol. The van der Waals surface area contributed by atoms with Gasteiger partial charge in [-0.1, -0.05) is 30.3 Å². The molecule has 0 saturated heterocycles. The average molecular weight is 480 g/mol. The second-order valence-electron chi connectivity index (χ2n) is 7.30. The van der Waals surface area contributed by atoms with Gasteiger partial charge in [-0.3, -0.25) is 4.79 Å². The van der Waals surface area contributed by atoms with Crippen molar-refractivity contribution in [3.8, 4) is 0 Å². The third-order valence-electron chi connectivity index (χ3n) is 3.21. The number of rotatable bonds is 7. The fraction of sp³-hybridized carbons (Fsp3) is 0.556. The Labute approximate surface area is 164 Å². The predicted molar refractivity (Wildman–Crippen MR) is 114 cm³/mol. The van der Waals surface area contributed by atoms with Crippen LogP contribution in [0.1, 0.15) is 32.8 Å². The number of benzene rings is 1. The number of carbonyl (C=O) groups is 2. The lowest BCUT2D eigenvalue weighted by Crippen LogP contribution is -2.48. The number of hydrogen-bond donors (Lipinski definition) is 2. The first-order valence-electron chi connectivity index (χ1n) is 8.18. The largest absolute Gasteiger partial charge is 0.444 e. The molecule has 0 radical (unpaired) electrons. The zero-order valence-electron chi connectivity index (χ0n) is 15.6. The Morgan fingerprint density at radius 3 is 2.32 bits per heavy atom. The van der Waals surface area contributed by atoms with Crippen molar-refractivity contribution in [1.82, 2.24) is 10.6 Å². The first kappa shape index (κ1) is 22.1. The molecule has 0 fully saturated rings. The Balaban J connectivity index is 2.68. The molecule has 1 atom stereocenters. The van der Waals surface area contributed by atoms with Gasteiger partial charge in [0.15, 0.2) is 0 Å². The molecule has 1 aromatic carbocycles. The van der Waals surface area contributed by atoms with Crippen molar-refractivity contribution >= 4 is 40.4 Å². The summed E-state index contributed by atoms with van der Waals surface area (Å²) in [5.41, 5.74) is 0.426. The third-order valence-corrected chi connectivity index (χ3v) is 5.74. The third kappa shape index (κ3) is 10.6. The lowest BCUT2D eigenvalue weighted by molar-refractivity contribution is -0.123. The summed E-state index contributed by atoms with van der Waals surface area (Å²) in [6.07, 6.45) is 4.39. The molecule has 5 nitrogen and oxygen atoms in total. The minimum absolute atomic E-state index is 0.185. The van der Waals surface area contributed by atoms with Crippen LogP contribution in [0.25, 0.3) is 0 Å². The molecule has 0 aromatic heterocycles. The molecule has 0 aliphatic rings. The van der Waals surface area contributed by atoms with Gasteiger partial charge in [0.25, 0.3) is 0 Å². The minimum atomic E-state index is -0.793. The Hall–Kier alpha value is -0.960. The second-order valence-corrected chi connectivity index (χ2v) is 17.7. The SMILES string of the molecule is CC(C)(C)OC(=O)NC(CCS(C)(C)I)C(=O)NCc1ccccc1. The van der Waals surface area contributed by atoms with Crippen molar-refractivity contribution in [2.24, 2.45) is 0 Å². The second kappa shape index (κ2) is 9.66. The molecule has 1 aromatic rings. The van der Waals surface area contributed by atoms with Gasteiger partial charge in [0, 0.05) is 6.54 Å². The van der Waals surface area contributed by atoms with E-state index in [9.17, 15) is 9.59 Å². The zero-order valence-corrected chi connectivity index (χ0v) is 18.6. The average Bonchev–Trinajstić information content (AvgIpc) is 2.47. The summed E-state index contributed by atoms with van der Waals surface area (Å²) in [7, 11) is -0.793. The van der Waals surface area contributed by atoms with Gasteiger partial charge < -0.3 is 15.4 Å². The van der Waals surface area contributed by atoms with E-state index in [1.165, 1.54) is 0 Å². The van der Waals surface area contributed by atoms with E-state index in [1.54, 1.807) is 20.8 Å². The van der Waals surface area contributed by atoms with Crippen molar-refractivity contribution in [2.75, 3.05) is 18.3 Å². The molecule has 0 bridgehead atoms. The highest BCUT2D eigenvalue weighted by atomic mass is 127. The highest BCUT2D eigenvalue weighted by Crippen LogP contribution is 2.49. The van der Waals surface area contributed by atoms with Crippen LogP contribution in [-0.4, -0.2) is 41.9 Å². The number of amides is 2. The fourth-order valence-corrected chi connectivity index (χ4v) is 3.58. The van der Waals surface area contributed by atoms with Gasteiger partial charge in [-0.2, -0.15) is 7.20 Å². The molecular formula is C18H29IN2O3S. The molecule has 142 valence electrons. The van der Waals surface area contributed by atoms with E-state index in [0.717, 1.165) is 11.3 Å². The van der Waals surface area contributed by atoms with Gasteiger partial charge in [0.1, 0.15) is 11.6 Å². The zero-order chi connectivity index (χ0) is 19.1. The quantitative estimate of drug-likeness (QED) is 0.580. The van der Waals surface area contributed by atoms with E-state index in [1.807, 2.05) is 30.3 Å². The maximum absolute atomic E-state index is 12.6. The summed E-state index contributed by atoms with van der Waals surface area (Å²) >= 11 is 2.43. The number of hydrogen-bond acceptors (Lipinski definition) is 3. The Bertz CT molecular complexity index is 568. The molecule has 0 aliphatic heterocycles. The van der Waals surface area contributed by atoms with E-state index < -0.39 is 24.9 Å². The van der Waals surface area contributed by atoms with Gasteiger partial charge in [0.2, 0.25) is 5.91 Å². The summed E-state index contributed by atoms with van der Waals surface area (Å²) in [6.45, 7) is 5.84. The van der Waals surface area contributed by atoms with Crippen LogP contribution >= 0.6 is 28.4 Å². The van der Waals surface area contributed by atoms with Crippen LogP contribution in [0.4, 0.5) is 4.79 Å². The van der Waals surface area contributed by atoms with Crippen LogP contribution in [0.2, 0.25) is 0 Å². The van der Waals surface area contributed by atoms with E-state index in [-0.39, 0.29) is 5.91 Å². The maximum atomic E-state index is 12.6. The molecule has 25 heavy (non-hydrogen) atoms. The van der Waals surface area contributed by atoms with Crippen LogP contribution in [0, 0.1) is 0 Å². The van der Waals surface area contributed by atoms with Crippen molar-refractivity contribution in [1.29, 1.82) is 0 Å². The molecule has 0 aliphatic carbocycles. The monoisotopic (exact) mass is 480 g/mol. The topological polar surface area (TPSA) is 67.4 Å². The number of halogens is 1. The standard InChI is InChI=1S/C18H29IN2O3S/c1-18(2,3)24-17(23)21-15(11-12-25(4,5)19)16(22)20-13-14-9-7-6-8-10-14/h6-10,15H,11-13H2,1-5H3,(H,20,22)(H,21,23). The number of carbonyl (C=O) groups excluding carboxylic acids is 2. The summed E-state index contributed by atoms with van der Waals surface area (Å²) < 4.78 is 5.29. The van der Waals surface area contributed by atoms with E-state index in [2.05, 4.69) is 44.4 Å². The van der Waals surface area contributed by atoms with Gasteiger partial charge in [-0.05, 0) is 72.2 Å². The molecule has 2 amide bonds. The summed E-state index contributed by atoms with van der Waals surface area (Å²) in [4.78, 5) is 24.6. The summed E-state index contributed by atoms with van der Waals surface area (Å²) in [5, 5.41) is 5.62. The van der Waals surface area contributed by atoms with E-state index in [4.69, 9.17) is 4.74 Å².